The maximum absolute atomic E-state index is 13.4. The predicted molar refractivity (Wildman–Crippen MR) is 132 cm³/mol. The summed E-state index contributed by atoms with van der Waals surface area (Å²) in [5.41, 5.74) is 2.64. The van der Waals surface area contributed by atoms with Crippen molar-refractivity contribution < 1.29 is 19.4 Å². The van der Waals surface area contributed by atoms with Gasteiger partial charge in [0.25, 0.3) is 11.7 Å². The van der Waals surface area contributed by atoms with Crippen molar-refractivity contribution >= 4 is 34.0 Å². The number of benzene rings is 3. The fraction of sp³-hybridized carbons (Fsp3) is 0.143. The van der Waals surface area contributed by atoms with Gasteiger partial charge in [0.05, 0.1) is 17.7 Å². The van der Waals surface area contributed by atoms with Crippen molar-refractivity contribution in [2.24, 2.45) is 0 Å². The third kappa shape index (κ3) is 3.63. The first-order valence-electron chi connectivity index (χ1n) is 11.1. The topological polar surface area (TPSA) is 82.6 Å². The molecule has 4 aromatic rings. The van der Waals surface area contributed by atoms with Crippen LogP contribution in [0.1, 0.15) is 31.0 Å². The third-order valence-electron chi connectivity index (χ3n) is 5.87. The Morgan fingerprint density at radius 1 is 0.971 bits per heavy atom. The van der Waals surface area contributed by atoms with Crippen LogP contribution in [0.25, 0.3) is 16.7 Å². The van der Waals surface area contributed by atoms with E-state index >= 15 is 0 Å². The van der Waals surface area contributed by atoms with Crippen LogP contribution in [-0.4, -0.2) is 27.9 Å². The van der Waals surface area contributed by atoms with Crippen molar-refractivity contribution in [3.63, 3.8) is 0 Å². The van der Waals surface area contributed by atoms with Gasteiger partial charge in [-0.25, -0.2) is 0 Å². The van der Waals surface area contributed by atoms with E-state index in [1.807, 2.05) is 56.3 Å². The predicted octanol–water partition coefficient (Wildman–Crippen LogP) is 5.58. The minimum Gasteiger partial charge on any atom is -0.507 e. The van der Waals surface area contributed by atoms with E-state index in [-0.39, 0.29) is 17.4 Å². The molecule has 1 aliphatic heterocycles. The molecule has 6 heteroatoms. The van der Waals surface area contributed by atoms with Gasteiger partial charge >= 0.3 is 0 Å². The van der Waals surface area contributed by atoms with Crippen molar-refractivity contribution in [1.29, 1.82) is 0 Å². The van der Waals surface area contributed by atoms with Crippen molar-refractivity contribution in [2.75, 3.05) is 4.90 Å². The van der Waals surface area contributed by atoms with Crippen LogP contribution in [0.15, 0.2) is 90.6 Å². The number of nitrogens with one attached hydrogen (secondary N) is 1. The molecule has 1 aliphatic rings. The first-order chi connectivity index (χ1) is 16.5. The Kier molecular flexibility index (Phi) is 5.42. The van der Waals surface area contributed by atoms with Crippen molar-refractivity contribution in [3.05, 3.63) is 102 Å². The van der Waals surface area contributed by atoms with E-state index in [4.69, 9.17) is 4.74 Å². The van der Waals surface area contributed by atoms with E-state index in [1.54, 1.807) is 42.6 Å². The second-order valence-corrected chi connectivity index (χ2v) is 8.49. The van der Waals surface area contributed by atoms with Gasteiger partial charge in [-0.05, 0) is 44.2 Å². The van der Waals surface area contributed by atoms with E-state index in [0.29, 0.717) is 17.0 Å². The SMILES string of the molecule is CC(C)Oc1cccc(/C(O)=C2\C(=O)C(=O)N(c3ccccc3)C2c2c[nH]c3ccccc23)c1. The number of ketones is 1. The zero-order valence-corrected chi connectivity index (χ0v) is 18.9. The molecule has 3 aromatic carbocycles. The molecule has 0 bridgehead atoms. The average Bonchev–Trinajstić information content (AvgIpc) is 3.37. The molecule has 1 atom stereocenters. The maximum Gasteiger partial charge on any atom is 0.300 e. The van der Waals surface area contributed by atoms with Gasteiger partial charge in [0.2, 0.25) is 0 Å². The highest BCUT2D eigenvalue weighted by Crippen LogP contribution is 2.44. The number of hydrogen-bond donors (Lipinski definition) is 2. The number of aromatic amines is 1. The van der Waals surface area contributed by atoms with Crippen molar-refractivity contribution in [1.82, 2.24) is 4.98 Å². The number of aliphatic hydroxyl groups excluding tert-OH is 1. The Morgan fingerprint density at radius 3 is 2.47 bits per heavy atom. The fourth-order valence-electron chi connectivity index (χ4n) is 4.45. The Labute approximate surface area is 197 Å². The number of carbonyl (C=O) groups excluding carboxylic acids is 2. The number of anilines is 1. The molecule has 1 amide bonds. The van der Waals surface area contributed by atoms with Crippen LogP contribution in [0.5, 0.6) is 5.75 Å². The molecular weight excluding hydrogens is 428 g/mol. The van der Waals surface area contributed by atoms with Gasteiger partial charge in [-0.1, -0.05) is 48.5 Å². The zero-order chi connectivity index (χ0) is 23.8. The second kappa shape index (κ2) is 8.56. The lowest BCUT2D eigenvalue weighted by atomic mass is 9.94. The third-order valence-corrected chi connectivity index (χ3v) is 5.87. The Bertz CT molecular complexity index is 1420. The number of rotatable bonds is 5. The molecule has 5 rings (SSSR count). The number of ether oxygens (including phenoxy) is 1. The molecule has 1 saturated heterocycles. The summed E-state index contributed by atoms with van der Waals surface area (Å²) in [6, 6.07) is 22.8. The largest absolute Gasteiger partial charge is 0.507 e. The van der Waals surface area contributed by atoms with Gasteiger partial charge in [-0.15, -0.1) is 0 Å². The molecule has 1 unspecified atom stereocenters. The van der Waals surface area contributed by atoms with E-state index < -0.39 is 17.7 Å². The van der Waals surface area contributed by atoms with Gasteiger partial charge < -0.3 is 14.8 Å². The van der Waals surface area contributed by atoms with Crippen LogP contribution in [0, 0.1) is 0 Å². The van der Waals surface area contributed by atoms with Crippen LogP contribution in [-0.2, 0) is 9.59 Å². The molecule has 2 N–H and O–H groups in total. The van der Waals surface area contributed by atoms with Gasteiger partial charge in [-0.2, -0.15) is 0 Å². The van der Waals surface area contributed by atoms with Crippen LogP contribution >= 0.6 is 0 Å². The van der Waals surface area contributed by atoms with Crippen molar-refractivity contribution in [2.45, 2.75) is 26.0 Å². The Hall–Kier alpha value is -4.32. The average molecular weight is 453 g/mol. The Morgan fingerprint density at radius 2 is 1.71 bits per heavy atom. The lowest BCUT2D eigenvalue weighted by Crippen LogP contribution is -2.29. The van der Waals surface area contributed by atoms with E-state index in [2.05, 4.69) is 4.98 Å². The Balaban J connectivity index is 1.73. The summed E-state index contributed by atoms with van der Waals surface area (Å²) in [6.45, 7) is 3.82. The minimum absolute atomic E-state index is 0.0419. The molecule has 0 saturated carbocycles. The number of fused-ring (bicyclic) bond motifs is 1. The van der Waals surface area contributed by atoms with Gasteiger partial charge in [-0.3, -0.25) is 14.5 Å². The first-order valence-corrected chi connectivity index (χ1v) is 11.1. The van der Waals surface area contributed by atoms with Crippen LogP contribution < -0.4 is 9.64 Å². The van der Waals surface area contributed by atoms with Gasteiger partial charge in [0.1, 0.15) is 11.5 Å². The smallest absolute Gasteiger partial charge is 0.300 e. The normalized spacial score (nSPS) is 17.6. The number of para-hydroxylation sites is 2. The lowest BCUT2D eigenvalue weighted by Gasteiger charge is -2.25. The summed E-state index contributed by atoms with van der Waals surface area (Å²) < 4.78 is 5.76. The minimum atomic E-state index is -0.798. The van der Waals surface area contributed by atoms with E-state index in [9.17, 15) is 14.7 Å². The number of nitrogens with zero attached hydrogens (tertiary/aromatic N) is 1. The molecular formula is C28H24N2O4. The number of amides is 1. The zero-order valence-electron chi connectivity index (χ0n) is 18.9. The molecule has 0 aliphatic carbocycles. The van der Waals surface area contributed by atoms with Gasteiger partial charge in [0, 0.05) is 33.9 Å². The quantitative estimate of drug-likeness (QED) is 0.235. The van der Waals surface area contributed by atoms with Gasteiger partial charge in [0.15, 0.2) is 0 Å². The number of aromatic nitrogens is 1. The number of Topliss-reactive ketones (excluding diaryl/α,β-unsaturated/α-hetero) is 1. The second-order valence-electron chi connectivity index (χ2n) is 8.49. The summed E-state index contributed by atoms with van der Waals surface area (Å²) in [5.74, 6) is -1.08. The van der Waals surface area contributed by atoms with Crippen LogP contribution in [0.3, 0.4) is 0 Å². The highest BCUT2D eigenvalue weighted by molar-refractivity contribution is 6.51. The van der Waals surface area contributed by atoms with E-state index in [1.165, 1.54) is 4.90 Å². The number of hydrogen-bond acceptors (Lipinski definition) is 4. The standard InChI is InChI=1S/C28H24N2O4/c1-17(2)34-20-12-8-9-18(15-20)26(31)24-25(22-16-29-23-14-7-6-13-21(22)23)30(28(33)27(24)32)19-10-4-3-5-11-19/h3-17,25,29,31H,1-2H3/b26-24+. The number of H-pyrrole nitrogens is 1. The first kappa shape index (κ1) is 21.5. The summed E-state index contributed by atoms with van der Waals surface area (Å²) in [6.07, 6.45) is 1.75. The van der Waals surface area contributed by atoms with Crippen LogP contribution in [0.2, 0.25) is 0 Å². The molecule has 170 valence electrons. The summed E-state index contributed by atoms with van der Waals surface area (Å²) >= 11 is 0. The molecule has 1 fully saturated rings. The molecule has 6 nitrogen and oxygen atoms in total. The molecule has 0 radical (unpaired) electrons. The maximum atomic E-state index is 13.4. The van der Waals surface area contributed by atoms with Crippen LogP contribution in [0.4, 0.5) is 5.69 Å². The van der Waals surface area contributed by atoms with E-state index in [0.717, 1.165) is 16.5 Å². The number of carbonyl (C=O) groups is 2. The molecule has 0 spiro atoms. The van der Waals surface area contributed by atoms with Crippen molar-refractivity contribution in [3.8, 4) is 5.75 Å². The molecule has 2 heterocycles. The fourth-order valence-corrected chi connectivity index (χ4v) is 4.45. The number of aliphatic hydroxyl groups is 1. The summed E-state index contributed by atoms with van der Waals surface area (Å²) in [5, 5.41) is 12.3. The molecule has 1 aromatic heterocycles. The monoisotopic (exact) mass is 452 g/mol. The summed E-state index contributed by atoms with van der Waals surface area (Å²) in [4.78, 5) is 31.3. The highest BCUT2D eigenvalue weighted by atomic mass is 16.5. The highest BCUT2D eigenvalue weighted by Gasteiger charge is 2.47. The summed E-state index contributed by atoms with van der Waals surface area (Å²) in [7, 11) is 0. The molecule has 34 heavy (non-hydrogen) atoms. The lowest BCUT2D eigenvalue weighted by molar-refractivity contribution is -0.132.